The molecule has 2 nitrogen and oxygen atoms in total. The highest BCUT2D eigenvalue weighted by Gasteiger charge is 2.23. The molecule has 0 spiro atoms. The van der Waals surface area contributed by atoms with Crippen molar-refractivity contribution in [1.29, 1.82) is 0 Å². The van der Waals surface area contributed by atoms with Gasteiger partial charge in [-0.3, -0.25) is 0 Å². The van der Waals surface area contributed by atoms with E-state index in [0.29, 0.717) is 6.04 Å². The lowest BCUT2D eigenvalue weighted by Crippen LogP contribution is -2.36. The van der Waals surface area contributed by atoms with Crippen LogP contribution in [0.2, 0.25) is 0 Å². The molecule has 0 aromatic carbocycles. The minimum absolute atomic E-state index is 0.00605. The molecule has 1 aliphatic carbocycles. The van der Waals surface area contributed by atoms with E-state index in [-0.39, 0.29) is 5.54 Å². The van der Waals surface area contributed by atoms with Gasteiger partial charge in [-0.1, -0.05) is 0 Å². The first-order valence-corrected chi connectivity index (χ1v) is 5.02. The van der Waals surface area contributed by atoms with Gasteiger partial charge in [-0.25, -0.2) is 0 Å². The lowest BCUT2D eigenvalue weighted by molar-refractivity contribution is 0.264. The van der Waals surface area contributed by atoms with Crippen molar-refractivity contribution in [1.82, 2.24) is 0 Å². The molecule has 0 bridgehead atoms. The molecule has 0 radical (unpaired) electrons. The Bertz CT molecular complexity index is 129. The Balaban J connectivity index is 2.26. The zero-order chi connectivity index (χ0) is 9.19. The number of rotatable bonds is 2. The average molecular weight is 170 g/mol. The summed E-state index contributed by atoms with van der Waals surface area (Å²) in [6.07, 6.45) is 6.10. The smallest absolute Gasteiger partial charge is 0.00996 e. The molecule has 0 aromatic rings. The fourth-order valence-electron chi connectivity index (χ4n) is 2.14. The monoisotopic (exact) mass is 170 g/mol. The van der Waals surface area contributed by atoms with E-state index in [1.54, 1.807) is 0 Å². The fraction of sp³-hybridized carbons (Fsp3) is 1.00. The van der Waals surface area contributed by atoms with Crippen molar-refractivity contribution >= 4 is 0 Å². The minimum Gasteiger partial charge on any atom is -0.328 e. The van der Waals surface area contributed by atoms with Crippen LogP contribution in [0.25, 0.3) is 0 Å². The van der Waals surface area contributed by atoms with Crippen LogP contribution < -0.4 is 11.5 Å². The van der Waals surface area contributed by atoms with Crippen molar-refractivity contribution in [2.45, 2.75) is 57.5 Å². The molecule has 1 aliphatic rings. The van der Waals surface area contributed by atoms with Gasteiger partial charge in [-0.05, 0) is 51.9 Å². The Morgan fingerprint density at radius 1 is 1.17 bits per heavy atom. The summed E-state index contributed by atoms with van der Waals surface area (Å²) in [7, 11) is 0. The maximum atomic E-state index is 5.97. The van der Waals surface area contributed by atoms with Crippen molar-refractivity contribution < 1.29 is 0 Å². The van der Waals surface area contributed by atoms with Crippen LogP contribution in [0.5, 0.6) is 0 Å². The van der Waals surface area contributed by atoms with Gasteiger partial charge in [0.25, 0.3) is 0 Å². The molecule has 1 saturated carbocycles. The van der Waals surface area contributed by atoms with Crippen LogP contribution in [0.3, 0.4) is 0 Å². The first-order valence-electron chi connectivity index (χ1n) is 5.02. The molecule has 1 rings (SSSR count). The Morgan fingerprint density at radius 3 is 2.08 bits per heavy atom. The molecule has 0 unspecified atom stereocenters. The molecule has 1 fully saturated rings. The summed E-state index contributed by atoms with van der Waals surface area (Å²) in [6, 6.07) is 0.460. The van der Waals surface area contributed by atoms with Crippen LogP contribution in [-0.2, 0) is 0 Å². The summed E-state index contributed by atoms with van der Waals surface area (Å²) >= 11 is 0. The molecule has 2 heteroatoms. The molecule has 0 aliphatic heterocycles. The van der Waals surface area contributed by atoms with E-state index in [0.717, 1.165) is 12.3 Å². The van der Waals surface area contributed by atoms with E-state index >= 15 is 0 Å². The van der Waals surface area contributed by atoms with E-state index < -0.39 is 0 Å². The van der Waals surface area contributed by atoms with Gasteiger partial charge in [0.05, 0.1) is 0 Å². The molecule has 0 amide bonds. The molecule has 4 N–H and O–H groups in total. The Morgan fingerprint density at radius 2 is 1.67 bits per heavy atom. The van der Waals surface area contributed by atoms with E-state index in [2.05, 4.69) is 13.8 Å². The summed E-state index contributed by atoms with van der Waals surface area (Å²) in [5, 5.41) is 0. The van der Waals surface area contributed by atoms with Crippen molar-refractivity contribution in [3.63, 3.8) is 0 Å². The van der Waals surface area contributed by atoms with Gasteiger partial charge in [-0.15, -0.1) is 0 Å². The fourth-order valence-corrected chi connectivity index (χ4v) is 2.14. The number of hydrogen-bond acceptors (Lipinski definition) is 2. The van der Waals surface area contributed by atoms with Gasteiger partial charge in [0, 0.05) is 11.6 Å². The van der Waals surface area contributed by atoms with Crippen LogP contribution in [0.4, 0.5) is 0 Å². The van der Waals surface area contributed by atoms with Crippen molar-refractivity contribution in [3.05, 3.63) is 0 Å². The predicted molar refractivity (Wildman–Crippen MR) is 52.8 cm³/mol. The van der Waals surface area contributed by atoms with Gasteiger partial charge in [0.2, 0.25) is 0 Å². The van der Waals surface area contributed by atoms with Crippen LogP contribution in [0.1, 0.15) is 46.0 Å². The lowest BCUT2D eigenvalue weighted by Gasteiger charge is -2.31. The highest BCUT2D eigenvalue weighted by atomic mass is 14.7. The quantitative estimate of drug-likeness (QED) is 0.662. The van der Waals surface area contributed by atoms with Crippen molar-refractivity contribution in [3.8, 4) is 0 Å². The van der Waals surface area contributed by atoms with E-state index in [9.17, 15) is 0 Å². The summed E-state index contributed by atoms with van der Waals surface area (Å²) in [4.78, 5) is 0. The van der Waals surface area contributed by atoms with Gasteiger partial charge in [0.1, 0.15) is 0 Å². The van der Waals surface area contributed by atoms with E-state index in [4.69, 9.17) is 11.5 Å². The van der Waals surface area contributed by atoms with Crippen LogP contribution in [0.15, 0.2) is 0 Å². The molecule has 0 heterocycles. The summed E-state index contributed by atoms with van der Waals surface area (Å²) in [5.41, 5.74) is 11.8. The molecule has 0 atom stereocenters. The van der Waals surface area contributed by atoms with Crippen LogP contribution in [-0.4, -0.2) is 11.6 Å². The molecule has 0 aromatic heterocycles. The van der Waals surface area contributed by atoms with Crippen LogP contribution >= 0.6 is 0 Å². The summed E-state index contributed by atoms with van der Waals surface area (Å²) in [5.74, 6) is 0.824. The molecule has 0 saturated heterocycles. The Hall–Kier alpha value is -0.0800. The first kappa shape index (κ1) is 10.0. The highest BCUT2D eigenvalue weighted by Crippen LogP contribution is 2.28. The molecular formula is C10H22N2. The predicted octanol–water partition coefficient (Wildman–Crippen LogP) is 1.63. The van der Waals surface area contributed by atoms with E-state index in [1.807, 2.05) is 0 Å². The van der Waals surface area contributed by atoms with Crippen molar-refractivity contribution in [2.75, 3.05) is 0 Å². The number of nitrogens with two attached hydrogens (primary N) is 2. The normalized spacial score (nSPS) is 32.0. The third kappa shape index (κ3) is 3.55. The zero-order valence-corrected chi connectivity index (χ0v) is 8.34. The summed E-state index contributed by atoms with van der Waals surface area (Å²) < 4.78 is 0. The lowest BCUT2D eigenvalue weighted by atomic mass is 9.80. The number of hydrogen-bond donors (Lipinski definition) is 2. The van der Waals surface area contributed by atoms with Gasteiger partial charge in [-0.2, -0.15) is 0 Å². The van der Waals surface area contributed by atoms with Crippen LogP contribution in [0, 0.1) is 5.92 Å². The zero-order valence-electron chi connectivity index (χ0n) is 8.34. The summed E-state index contributed by atoms with van der Waals surface area (Å²) in [6.45, 7) is 4.23. The van der Waals surface area contributed by atoms with Crippen molar-refractivity contribution in [2.24, 2.45) is 17.4 Å². The van der Waals surface area contributed by atoms with E-state index in [1.165, 1.54) is 25.7 Å². The second kappa shape index (κ2) is 3.75. The second-order valence-electron chi connectivity index (χ2n) is 4.97. The SMILES string of the molecule is CC(C)(N)CC1CCC(N)CC1. The maximum absolute atomic E-state index is 5.97. The maximum Gasteiger partial charge on any atom is 0.00996 e. The third-order valence-corrected chi connectivity index (χ3v) is 2.71. The third-order valence-electron chi connectivity index (χ3n) is 2.71. The van der Waals surface area contributed by atoms with Gasteiger partial charge < -0.3 is 11.5 Å². The average Bonchev–Trinajstić information content (AvgIpc) is 1.91. The first-order chi connectivity index (χ1) is 5.47. The Labute approximate surface area is 75.7 Å². The topological polar surface area (TPSA) is 52.0 Å². The Kier molecular flexibility index (Phi) is 3.13. The largest absolute Gasteiger partial charge is 0.328 e. The molecule has 12 heavy (non-hydrogen) atoms. The van der Waals surface area contributed by atoms with Gasteiger partial charge in [0.15, 0.2) is 0 Å². The molecular weight excluding hydrogens is 148 g/mol. The minimum atomic E-state index is 0.00605. The van der Waals surface area contributed by atoms with Gasteiger partial charge >= 0.3 is 0 Å². The highest BCUT2D eigenvalue weighted by molar-refractivity contribution is 4.81. The standard InChI is InChI=1S/C10H22N2/c1-10(2,12)7-8-3-5-9(11)6-4-8/h8-9H,3-7,11-12H2,1-2H3. The second-order valence-corrected chi connectivity index (χ2v) is 4.97. The molecule has 72 valence electrons.